The Hall–Kier alpha value is -1.79. The molecule has 0 bridgehead atoms. The fourth-order valence-corrected chi connectivity index (χ4v) is 3.09. The standard InChI is InChI=1S/C15H25N3O4/c1-2-16-13(20)15(7-4-3-5-8-15)17-12(19)6-9-18-10-11-22-14(18)21/h2-11H2,1H3,(H,16,20)(H,17,19). The minimum atomic E-state index is -0.781. The number of carbonyl (C=O) groups is 3. The van der Waals surface area contributed by atoms with Gasteiger partial charge in [0.2, 0.25) is 11.8 Å². The van der Waals surface area contributed by atoms with Crippen molar-refractivity contribution < 1.29 is 19.1 Å². The van der Waals surface area contributed by atoms with E-state index in [1.165, 1.54) is 4.90 Å². The van der Waals surface area contributed by atoms with Crippen molar-refractivity contribution in [2.45, 2.75) is 51.0 Å². The van der Waals surface area contributed by atoms with Crippen LogP contribution in [0.15, 0.2) is 0 Å². The van der Waals surface area contributed by atoms with Crippen LogP contribution in [-0.2, 0) is 14.3 Å². The van der Waals surface area contributed by atoms with Crippen LogP contribution in [0.3, 0.4) is 0 Å². The molecular weight excluding hydrogens is 286 g/mol. The molecule has 2 aliphatic rings. The number of ether oxygens (including phenoxy) is 1. The number of likely N-dealkylation sites (N-methyl/N-ethyl adjacent to an activating group) is 1. The lowest BCUT2D eigenvalue weighted by molar-refractivity contribution is -0.135. The molecule has 1 saturated heterocycles. The largest absolute Gasteiger partial charge is 0.448 e. The number of carbonyl (C=O) groups excluding carboxylic acids is 3. The number of hydrogen-bond donors (Lipinski definition) is 2. The second-order valence-electron chi connectivity index (χ2n) is 5.90. The van der Waals surface area contributed by atoms with Gasteiger partial charge >= 0.3 is 6.09 Å². The van der Waals surface area contributed by atoms with Crippen LogP contribution >= 0.6 is 0 Å². The van der Waals surface area contributed by atoms with Crippen LogP contribution in [0, 0.1) is 0 Å². The van der Waals surface area contributed by atoms with Crippen LogP contribution in [0.4, 0.5) is 4.79 Å². The highest BCUT2D eigenvalue weighted by Crippen LogP contribution is 2.28. The van der Waals surface area contributed by atoms with Gasteiger partial charge in [0.25, 0.3) is 0 Å². The number of cyclic esters (lactones) is 1. The third-order valence-electron chi connectivity index (χ3n) is 4.31. The number of nitrogens with zero attached hydrogens (tertiary/aromatic N) is 1. The Balaban J connectivity index is 1.90. The summed E-state index contributed by atoms with van der Waals surface area (Å²) in [6.45, 7) is 3.65. The van der Waals surface area contributed by atoms with Crippen molar-refractivity contribution in [3.63, 3.8) is 0 Å². The molecule has 2 N–H and O–H groups in total. The molecule has 0 atom stereocenters. The van der Waals surface area contributed by atoms with E-state index in [0.717, 1.165) is 19.3 Å². The summed E-state index contributed by atoms with van der Waals surface area (Å²) in [7, 11) is 0. The summed E-state index contributed by atoms with van der Waals surface area (Å²) in [5.41, 5.74) is -0.781. The van der Waals surface area contributed by atoms with Crippen LogP contribution in [0.1, 0.15) is 45.4 Å². The average molecular weight is 311 g/mol. The Morgan fingerprint density at radius 2 is 2.00 bits per heavy atom. The van der Waals surface area contributed by atoms with Crippen LogP contribution in [0.5, 0.6) is 0 Å². The number of rotatable bonds is 6. The van der Waals surface area contributed by atoms with E-state index >= 15 is 0 Å². The number of amides is 3. The Kier molecular flexibility index (Phi) is 5.63. The third-order valence-corrected chi connectivity index (χ3v) is 4.31. The van der Waals surface area contributed by atoms with E-state index in [2.05, 4.69) is 10.6 Å². The molecule has 0 aromatic carbocycles. The summed E-state index contributed by atoms with van der Waals surface area (Å²) in [5.74, 6) is -0.281. The van der Waals surface area contributed by atoms with E-state index in [0.29, 0.717) is 39.1 Å². The van der Waals surface area contributed by atoms with Gasteiger partial charge in [-0.25, -0.2) is 4.79 Å². The minimum absolute atomic E-state index is 0.0939. The van der Waals surface area contributed by atoms with Crippen LogP contribution in [-0.4, -0.2) is 54.6 Å². The smallest absolute Gasteiger partial charge is 0.409 e. The van der Waals surface area contributed by atoms with E-state index in [1.54, 1.807) is 0 Å². The maximum Gasteiger partial charge on any atom is 0.409 e. The molecule has 7 heteroatoms. The van der Waals surface area contributed by atoms with Gasteiger partial charge in [0.05, 0.1) is 6.54 Å². The first-order chi connectivity index (χ1) is 10.6. The van der Waals surface area contributed by atoms with Gasteiger partial charge in [0, 0.05) is 19.5 Å². The molecule has 7 nitrogen and oxygen atoms in total. The zero-order valence-electron chi connectivity index (χ0n) is 13.2. The fourth-order valence-electron chi connectivity index (χ4n) is 3.09. The van der Waals surface area contributed by atoms with E-state index in [4.69, 9.17) is 4.74 Å². The molecule has 0 aromatic heterocycles. The van der Waals surface area contributed by atoms with Gasteiger partial charge < -0.3 is 20.3 Å². The van der Waals surface area contributed by atoms with Crippen LogP contribution in [0.25, 0.3) is 0 Å². The van der Waals surface area contributed by atoms with Gasteiger partial charge in [-0.2, -0.15) is 0 Å². The average Bonchev–Trinajstić information content (AvgIpc) is 2.91. The summed E-state index contributed by atoms with van der Waals surface area (Å²) in [4.78, 5) is 37.4. The first-order valence-electron chi connectivity index (χ1n) is 8.08. The van der Waals surface area contributed by atoms with Gasteiger partial charge in [-0.1, -0.05) is 19.3 Å². The van der Waals surface area contributed by atoms with Crippen molar-refractivity contribution in [3.8, 4) is 0 Å². The van der Waals surface area contributed by atoms with Gasteiger partial charge in [-0.3, -0.25) is 9.59 Å². The van der Waals surface area contributed by atoms with Gasteiger partial charge in [0.1, 0.15) is 12.1 Å². The fraction of sp³-hybridized carbons (Fsp3) is 0.800. The topological polar surface area (TPSA) is 87.7 Å². The molecule has 3 amide bonds. The van der Waals surface area contributed by atoms with Crippen molar-refractivity contribution >= 4 is 17.9 Å². The Morgan fingerprint density at radius 3 is 2.59 bits per heavy atom. The first-order valence-corrected chi connectivity index (χ1v) is 8.08. The summed E-state index contributed by atoms with van der Waals surface area (Å²) in [6.07, 6.45) is 4.15. The molecule has 124 valence electrons. The Morgan fingerprint density at radius 1 is 1.27 bits per heavy atom. The first kappa shape index (κ1) is 16.6. The number of hydrogen-bond acceptors (Lipinski definition) is 4. The normalized spacial score (nSPS) is 20.4. The van der Waals surface area contributed by atoms with Gasteiger partial charge in [0.15, 0.2) is 0 Å². The van der Waals surface area contributed by atoms with Gasteiger partial charge in [-0.05, 0) is 19.8 Å². The highest BCUT2D eigenvalue weighted by molar-refractivity contribution is 5.91. The molecule has 0 unspecified atom stereocenters. The van der Waals surface area contributed by atoms with Crippen LogP contribution in [0.2, 0.25) is 0 Å². The molecule has 0 aromatic rings. The van der Waals surface area contributed by atoms with Crippen molar-refractivity contribution in [2.75, 3.05) is 26.2 Å². The lowest BCUT2D eigenvalue weighted by atomic mass is 9.80. The van der Waals surface area contributed by atoms with Crippen molar-refractivity contribution in [3.05, 3.63) is 0 Å². The predicted octanol–water partition coefficient (Wildman–Crippen LogP) is 0.784. The SMILES string of the molecule is CCNC(=O)C1(NC(=O)CCN2CCOC2=O)CCCCC1. The molecule has 1 aliphatic carbocycles. The molecule has 1 aliphatic heterocycles. The highest BCUT2D eigenvalue weighted by atomic mass is 16.6. The van der Waals surface area contributed by atoms with Crippen molar-refractivity contribution in [1.29, 1.82) is 0 Å². The maximum absolute atomic E-state index is 12.4. The molecule has 2 fully saturated rings. The zero-order chi connectivity index (χ0) is 16.0. The Bertz CT molecular complexity index is 433. The molecule has 0 spiro atoms. The molecule has 1 saturated carbocycles. The lowest BCUT2D eigenvalue weighted by Gasteiger charge is -2.36. The molecular formula is C15H25N3O4. The molecule has 2 rings (SSSR count). The van der Waals surface area contributed by atoms with E-state index < -0.39 is 5.54 Å². The molecule has 22 heavy (non-hydrogen) atoms. The van der Waals surface area contributed by atoms with E-state index in [9.17, 15) is 14.4 Å². The molecule has 1 heterocycles. The predicted molar refractivity (Wildman–Crippen MR) is 80.2 cm³/mol. The summed E-state index contributed by atoms with van der Waals surface area (Å²) < 4.78 is 4.83. The summed E-state index contributed by atoms with van der Waals surface area (Å²) in [6, 6.07) is 0. The second kappa shape index (κ2) is 7.47. The lowest BCUT2D eigenvalue weighted by Crippen LogP contribution is -2.59. The van der Waals surface area contributed by atoms with E-state index in [-0.39, 0.29) is 24.3 Å². The third kappa shape index (κ3) is 3.90. The van der Waals surface area contributed by atoms with Crippen LogP contribution < -0.4 is 10.6 Å². The zero-order valence-corrected chi connectivity index (χ0v) is 13.2. The Labute approximate surface area is 130 Å². The second-order valence-corrected chi connectivity index (χ2v) is 5.90. The molecule has 0 radical (unpaired) electrons. The summed E-state index contributed by atoms with van der Waals surface area (Å²) >= 11 is 0. The quantitative estimate of drug-likeness (QED) is 0.759. The summed E-state index contributed by atoms with van der Waals surface area (Å²) in [5, 5.41) is 5.75. The van der Waals surface area contributed by atoms with Crippen molar-refractivity contribution in [2.24, 2.45) is 0 Å². The van der Waals surface area contributed by atoms with E-state index in [1.807, 2.05) is 6.92 Å². The number of nitrogens with one attached hydrogen (secondary N) is 2. The highest BCUT2D eigenvalue weighted by Gasteiger charge is 2.40. The van der Waals surface area contributed by atoms with Gasteiger partial charge in [-0.15, -0.1) is 0 Å². The van der Waals surface area contributed by atoms with Crippen molar-refractivity contribution in [1.82, 2.24) is 15.5 Å². The minimum Gasteiger partial charge on any atom is -0.448 e. The monoisotopic (exact) mass is 311 g/mol. The maximum atomic E-state index is 12.4.